The second-order valence-electron chi connectivity index (χ2n) is 5.27. The Morgan fingerprint density at radius 1 is 1.20 bits per heavy atom. The van der Waals surface area contributed by atoms with E-state index in [4.69, 9.17) is 5.73 Å². The van der Waals surface area contributed by atoms with Crippen molar-refractivity contribution in [1.29, 1.82) is 0 Å². The molecule has 2 amide bonds. The molecule has 1 aromatic heterocycles. The van der Waals surface area contributed by atoms with Gasteiger partial charge in [-0.15, -0.1) is 0 Å². The molecule has 0 aliphatic heterocycles. The van der Waals surface area contributed by atoms with Crippen LogP contribution in [-0.2, 0) is 0 Å². The van der Waals surface area contributed by atoms with E-state index in [0.29, 0.717) is 25.0 Å². The maximum Gasteiger partial charge on any atom is 0.321 e. The first kappa shape index (κ1) is 15.9. The number of carbonyl (C=O) groups is 1. The highest BCUT2D eigenvalue weighted by atomic mass is 16.2. The van der Waals surface area contributed by atoms with Crippen LogP contribution in [0.2, 0.25) is 0 Å². The van der Waals surface area contributed by atoms with Gasteiger partial charge in [0.2, 0.25) is 17.8 Å². The smallest absolute Gasteiger partial charge is 0.321 e. The molecule has 0 aliphatic rings. The standard InChI is InChI=1S/C12H23N7O/c1-6-14-9-15-10(18-12(3,4)5)17-11(16-9)19(7-2)8(13)20/h6-7H2,1-5H3,(H2,13,20)(H2,14,15,16,17,18). The van der Waals surface area contributed by atoms with E-state index in [1.165, 1.54) is 4.90 Å². The van der Waals surface area contributed by atoms with Crippen LogP contribution >= 0.6 is 0 Å². The Morgan fingerprint density at radius 3 is 2.25 bits per heavy atom. The van der Waals surface area contributed by atoms with Crippen LogP contribution < -0.4 is 21.3 Å². The number of rotatable bonds is 5. The molecule has 0 unspecified atom stereocenters. The topological polar surface area (TPSA) is 109 Å². The fourth-order valence-corrected chi connectivity index (χ4v) is 1.51. The first-order chi connectivity index (χ1) is 9.26. The summed E-state index contributed by atoms with van der Waals surface area (Å²) >= 11 is 0. The fraction of sp³-hybridized carbons (Fsp3) is 0.667. The van der Waals surface area contributed by atoms with Gasteiger partial charge in [0.25, 0.3) is 0 Å². The van der Waals surface area contributed by atoms with Crippen LogP contribution in [-0.4, -0.2) is 39.6 Å². The molecule has 8 heteroatoms. The summed E-state index contributed by atoms with van der Waals surface area (Å²) in [4.78, 5) is 25.4. The van der Waals surface area contributed by atoms with Gasteiger partial charge >= 0.3 is 6.03 Å². The quantitative estimate of drug-likeness (QED) is 0.753. The number of hydrogen-bond acceptors (Lipinski definition) is 6. The van der Waals surface area contributed by atoms with Crippen LogP contribution in [0, 0.1) is 0 Å². The highest BCUT2D eigenvalue weighted by molar-refractivity contribution is 5.88. The maximum absolute atomic E-state index is 11.4. The van der Waals surface area contributed by atoms with Gasteiger partial charge in [-0.3, -0.25) is 4.90 Å². The molecule has 0 aromatic carbocycles. The molecule has 1 aromatic rings. The number of nitrogens with zero attached hydrogens (tertiary/aromatic N) is 4. The summed E-state index contributed by atoms with van der Waals surface area (Å²) in [7, 11) is 0. The van der Waals surface area contributed by atoms with Crippen LogP contribution in [0.4, 0.5) is 22.6 Å². The third-order valence-electron chi connectivity index (χ3n) is 2.27. The summed E-state index contributed by atoms with van der Waals surface area (Å²) in [6.07, 6.45) is 0. The average molecular weight is 281 g/mol. The normalized spacial score (nSPS) is 11.1. The molecule has 0 aliphatic carbocycles. The average Bonchev–Trinajstić information content (AvgIpc) is 2.26. The Morgan fingerprint density at radius 2 is 1.80 bits per heavy atom. The highest BCUT2D eigenvalue weighted by Gasteiger charge is 2.18. The van der Waals surface area contributed by atoms with Crippen molar-refractivity contribution in [3.05, 3.63) is 0 Å². The molecule has 4 N–H and O–H groups in total. The lowest BCUT2D eigenvalue weighted by Gasteiger charge is -2.22. The van der Waals surface area contributed by atoms with Crippen LogP contribution in [0.3, 0.4) is 0 Å². The molecular weight excluding hydrogens is 258 g/mol. The van der Waals surface area contributed by atoms with E-state index >= 15 is 0 Å². The number of primary amides is 1. The van der Waals surface area contributed by atoms with Gasteiger partial charge in [-0.1, -0.05) is 0 Å². The zero-order valence-electron chi connectivity index (χ0n) is 12.7. The molecular formula is C12H23N7O. The van der Waals surface area contributed by atoms with E-state index in [2.05, 4.69) is 25.6 Å². The van der Waals surface area contributed by atoms with E-state index in [0.717, 1.165) is 0 Å². The zero-order chi connectivity index (χ0) is 15.3. The third-order valence-corrected chi connectivity index (χ3v) is 2.27. The number of anilines is 3. The number of nitrogens with two attached hydrogens (primary N) is 1. The molecule has 8 nitrogen and oxygen atoms in total. The van der Waals surface area contributed by atoms with Crippen LogP contribution in [0.15, 0.2) is 0 Å². The molecule has 1 heterocycles. The SMILES string of the molecule is CCNc1nc(NC(C)(C)C)nc(N(CC)C(N)=O)n1. The number of urea groups is 1. The first-order valence-corrected chi connectivity index (χ1v) is 6.62. The first-order valence-electron chi connectivity index (χ1n) is 6.62. The molecule has 20 heavy (non-hydrogen) atoms. The lowest BCUT2D eigenvalue weighted by Crippen LogP contribution is -2.37. The summed E-state index contributed by atoms with van der Waals surface area (Å²) in [5.41, 5.74) is 5.12. The lowest BCUT2D eigenvalue weighted by molar-refractivity contribution is 0.254. The van der Waals surface area contributed by atoms with E-state index < -0.39 is 6.03 Å². The van der Waals surface area contributed by atoms with Crippen molar-refractivity contribution < 1.29 is 4.79 Å². The van der Waals surface area contributed by atoms with Crippen molar-refractivity contribution in [2.45, 2.75) is 40.2 Å². The summed E-state index contributed by atoms with van der Waals surface area (Å²) < 4.78 is 0. The van der Waals surface area contributed by atoms with Crippen molar-refractivity contribution >= 4 is 23.9 Å². The molecule has 1 rings (SSSR count). The fourth-order valence-electron chi connectivity index (χ4n) is 1.51. The highest BCUT2D eigenvalue weighted by Crippen LogP contribution is 2.16. The van der Waals surface area contributed by atoms with E-state index in [-0.39, 0.29) is 11.5 Å². The van der Waals surface area contributed by atoms with Gasteiger partial charge in [-0.25, -0.2) is 4.79 Å². The van der Waals surface area contributed by atoms with Crippen molar-refractivity contribution in [2.24, 2.45) is 5.73 Å². The Bertz CT molecular complexity index is 469. The van der Waals surface area contributed by atoms with E-state index in [1.54, 1.807) is 6.92 Å². The number of carbonyl (C=O) groups excluding carboxylic acids is 1. The molecule has 0 bridgehead atoms. The van der Waals surface area contributed by atoms with Gasteiger partial charge in [0.05, 0.1) is 0 Å². The Labute approximate surface area is 119 Å². The van der Waals surface area contributed by atoms with Crippen molar-refractivity contribution in [2.75, 3.05) is 28.6 Å². The number of amides is 2. The molecule has 0 saturated carbocycles. The minimum absolute atomic E-state index is 0.203. The number of nitrogens with one attached hydrogen (secondary N) is 2. The van der Waals surface area contributed by atoms with Crippen LogP contribution in [0.5, 0.6) is 0 Å². The molecule has 112 valence electrons. The van der Waals surface area contributed by atoms with E-state index in [1.807, 2.05) is 27.7 Å². The summed E-state index contributed by atoms with van der Waals surface area (Å²) in [6.45, 7) is 10.8. The van der Waals surface area contributed by atoms with Gasteiger partial charge in [0, 0.05) is 18.6 Å². The Hall–Kier alpha value is -2.12. The van der Waals surface area contributed by atoms with Gasteiger partial charge in [-0.05, 0) is 34.6 Å². The Balaban J connectivity index is 3.19. The summed E-state index contributed by atoms with van der Waals surface area (Å²) in [5.74, 6) is 1.04. The minimum atomic E-state index is -0.595. The number of aromatic nitrogens is 3. The van der Waals surface area contributed by atoms with Gasteiger partial charge in [0.15, 0.2) is 0 Å². The third kappa shape index (κ3) is 4.52. The number of hydrogen-bond donors (Lipinski definition) is 3. The molecule has 0 saturated heterocycles. The molecule has 0 spiro atoms. The van der Waals surface area contributed by atoms with E-state index in [9.17, 15) is 4.79 Å². The van der Waals surface area contributed by atoms with Gasteiger partial charge in [0.1, 0.15) is 0 Å². The van der Waals surface area contributed by atoms with Crippen molar-refractivity contribution in [3.8, 4) is 0 Å². The Kier molecular flexibility index (Phi) is 5.06. The predicted octanol–water partition coefficient (Wildman–Crippen LogP) is 1.42. The van der Waals surface area contributed by atoms with Crippen molar-refractivity contribution in [3.63, 3.8) is 0 Å². The molecule has 0 atom stereocenters. The van der Waals surface area contributed by atoms with Gasteiger partial charge < -0.3 is 16.4 Å². The second kappa shape index (κ2) is 6.36. The predicted molar refractivity (Wildman–Crippen MR) is 80.0 cm³/mol. The largest absolute Gasteiger partial charge is 0.354 e. The molecule has 0 radical (unpaired) electrons. The van der Waals surface area contributed by atoms with Crippen LogP contribution in [0.1, 0.15) is 34.6 Å². The zero-order valence-corrected chi connectivity index (χ0v) is 12.7. The summed E-state index contributed by atoms with van der Waals surface area (Å²) in [5, 5.41) is 6.17. The monoisotopic (exact) mass is 281 g/mol. The van der Waals surface area contributed by atoms with Gasteiger partial charge in [-0.2, -0.15) is 15.0 Å². The second-order valence-corrected chi connectivity index (χ2v) is 5.27. The summed E-state index contributed by atoms with van der Waals surface area (Å²) in [6, 6.07) is -0.595. The van der Waals surface area contributed by atoms with Crippen molar-refractivity contribution in [1.82, 2.24) is 15.0 Å². The minimum Gasteiger partial charge on any atom is -0.354 e. The van der Waals surface area contributed by atoms with Crippen LogP contribution in [0.25, 0.3) is 0 Å². The maximum atomic E-state index is 11.4. The lowest BCUT2D eigenvalue weighted by atomic mass is 10.1. The molecule has 0 fully saturated rings.